The molecule has 1 aliphatic heterocycles. The van der Waals surface area contributed by atoms with Crippen LogP contribution < -0.4 is 4.90 Å². The van der Waals surface area contributed by atoms with Crippen molar-refractivity contribution in [3.63, 3.8) is 0 Å². The number of benzene rings is 1. The lowest BCUT2D eigenvalue weighted by molar-refractivity contribution is -0.130. The molecule has 138 valence electrons. The highest BCUT2D eigenvalue weighted by molar-refractivity contribution is 5.94. The van der Waals surface area contributed by atoms with E-state index >= 15 is 0 Å². The molecule has 0 saturated carbocycles. The van der Waals surface area contributed by atoms with Gasteiger partial charge in [0.15, 0.2) is 0 Å². The lowest BCUT2D eigenvalue weighted by Crippen LogP contribution is -2.38. The van der Waals surface area contributed by atoms with E-state index in [-0.39, 0.29) is 11.8 Å². The lowest BCUT2D eigenvalue weighted by Gasteiger charge is -2.22. The second-order valence-electron chi connectivity index (χ2n) is 6.84. The van der Waals surface area contributed by atoms with Crippen molar-refractivity contribution in [3.8, 4) is 0 Å². The first-order valence-corrected chi connectivity index (χ1v) is 9.01. The van der Waals surface area contributed by atoms with Crippen molar-refractivity contribution in [2.45, 2.75) is 12.8 Å². The molecule has 2 amide bonds. The number of aromatic nitrogens is 1. The van der Waals surface area contributed by atoms with Crippen LogP contribution in [0.5, 0.6) is 0 Å². The summed E-state index contributed by atoms with van der Waals surface area (Å²) < 4.78 is 0. The Morgan fingerprint density at radius 3 is 2.35 bits per heavy atom. The zero-order valence-corrected chi connectivity index (χ0v) is 15.4. The number of aromatic amines is 1. The smallest absolute Gasteiger partial charge is 0.253 e. The Bertz CT molecular complexity index is 738. The Balaban J connectivity index is 1.59. The van der Waals surface area contributed by atoms with Crippen LogP contribution >= 0.6 is 0 Å². The summed E-state index contributed by atoms with van der Waals surface area (Å²) in [6, 6.07) is 11.5. The molecule has 1 aromatic heterocycles. The van der Waals surface area contributed by atoms with E-state index in [0.29, 0.717) is 38.2 Å². The number of nitrogens with zero attached hydrogens (tertiary/aromatic N) is 3. The van der Waals surface area contributed by atoms with E-state index in [0.717, 1.165) is 17.8 Å². The highest BCUT2D eigenvalue weighted by Crippen LogP contribution is 2.15. The molecule has 26 heavy (non-hydrogen) atoms. The topological polar surface area (TPSA) is 59.7 Å². The summed E-state index contributed by atoms with van der Waals surface area (Å²) in [6.07, 6.45) is 3.01. The number of hydrogen-bond acceptors (Lipinski definition) is 3. The first-order chi connectivity index (χ1) is 12.5. The number of nitrogens with one attached hydrogen (secondary N) is 1. The predicted molar refractivity (Wildman–Crippen MR) is 102 cm³/mol. The Kier molecular flexibility index (Phi) is 5.61. The summed E-state index contributed by atoms with van der Waals surface area (Å²) in [6.45, 7) is 2.54. The van der Waals surface area contributed by atoms with Crippen molar-refractivity contribution in [1.29, 1.82) is 0 Å². The van der Waals surface area contributed by atoms with Crippen molar-refractivity contribution in [2.75, 3.05) is 45.2 Å². The molecule has 3 rings (SSSR count). The van der Waals surface area contributed by atoms with Crippen LogP contribution in [0.15, 0.2) is 42.6 Å². The maximum Gasteiger partial charge on any atom is 0.253 e. The second-order valence-corrected chi connectivity index (χ2v) is 6.84. The van der Waals surface area contributed by atoms with Crippen molar-refractivity contribution in [2.24, 2.45) is 0 Å². The zero-order valence-electron chi connectivity index (χ0n) is 15.4. The molecular weight excluding hydrogens is 328 g/mol. The van der Waals surface area contributed by atoms with Gasteiger partial charge in [-0.3, -0.25) is 9.59 Å². The van der Waals surface area contributed by atoms with Gasteiger partial charge in [-0.1, -0.05) is 0 Å². The third-order valence-corrected chi connectivity index (χ3v) is 4.77. The minimum atomic E-state index is 0.0361. The molecule has 2 heterocycles. The van der Waals surface area contributed by atoms with Crippen LogP contribution in [-0.2, 0) is 11.2 Å². The average molecular weight is 354 g/mol. The van der Waals surface area contributed by atoms with Gasteiger partial charge in [0, 0.05) is 63.4 Å². The quantitative estimate of drug-likeness (QED) is 0.914. The number of carbonyl (C=O) groups excluding carboxylic acids is 2. The summed E-state index contributed by atoms with van der Waals surface area (Å²) in [4.78, 5) is 34.0. The number of carbonyl (C=O) groups is 2. The maximum absolute atomic E-state index is 12.8. The van der Waals surface area contributed by atoms with Crippen molar-refractivity contribution in [3.05, 3.63) is 53.9 Å². The third-order valence-electron chi connectivity index (χ3n) is 4.77. The Morgan fingerprint density at radius 2 is 1.69 bits per heavy atom. The number of anilines is 1. The first-order valence-electron chi connectivity index (χ1n) is 9.01. The van der Waals surface area contributed by atoms with Gasteiger partial charge < -0.3 is 19.7 Å². The molecule has 6 nitrogen and oxygen atoms in total. The van der Waals surface area contributed by atoms with Gasteiger partial charge in [-0.2, -0.15) is 0 Å². The number of H-pyrrole nitrogens is 1. The fourth-order valence-corrected chi connectivity index (χ4v) is 3.21. The monoisotopic (exact) mass is 354 g/mol. The highest BCUT2D eigenvalue weighted by atomic mass is 16.2. The molecule has 0 radical (unpaired) electrons. The summed E-state index contributed by atoms with van der Waals surface area (Å²) >= 11 is 0. The molecule has 2 aromatic rings. The standard InChI is InChI=1S/C20H26N4O2/c1-22(2)18-8-6-16(7-9-18)20(26)24-12-4-11-23(13-14-24)19(25)15-17-5-3-10-21-17/h3,5-10,21H,4,11-15H2,1-2H3. The van der Waals surface area contributed by atoms with Gasteiger partial charge in [0.25, 0.3) is 5.91 Å². The van der Waals surface area contributed by atoms with Gasteiger partial charge >= 0.3 is 0 Å². The SMILES string of the molecule is CN(C)c1ccc(C(=O)N2CCCN(C(=O)Cc3ccc[nH]3)CC2)cc1. The van der Waals surface area contributed by atoms with Crippen LogP contribution in [0.4, 0.5) is 5.69 Å². The van der Waals surface area contributed by atoms with E-state index in [2.05, 4.69) is 4.98 Å². The van der Waals surface area contributed by atoms with Crippen LogP contribution in [0.25, 0.3) is 0 Å². The Hall–Kier alpha value is -2.76. The van der Waals surface area contributed by atoms with Crippen molar-refractivity contribution in [1.82, 2.24) is 14.8 Å². The summed E-state index contributed by atoms with van der Waals surface area (Å²) in [5.41, 5.74) is 2.69. The van der Waals surface area contributed by atoms with E-state index in [4.69, 9.17) is 0 Å². The average Bonchev–Trinajstić information content (AvgIpc) is 3.02. The van der Waals surface area contributed by atoms with Crippen LogP contribution in [0.3, 0.4) is 0 Å². The molecule has 0 aliphatic carbocycles. The van der Waals surface area contributed by atoms with Gasteiger partial charge in [0.05, 0.1) is 6.42 Å². The summed E-state index contributed by atoms with van der Waals surface area (Å²) in [7, 11) is 3.95. The van der Waals surface area contributed by atoms with Gasteiger partial charge in [-0.25, -0.2) is 0 Å². The molecule has 0 spiro atoms. The molecule has 0 unspecified atom stereocenters. The van der Waals surface area contributed by atoms with Gasteiger partial charge in [0.2, 0.25) is 5.91 Å². The van der Waals surface area contributed by atoms with Gasteiger partial charge in [-0.15, -0.1) is 0 Å². The molecule has 1 fully saturated rings. The normalized spacial score (nSPS) is 14.8. The van der Waals surface area contributed by atoms with E-state index < -0.39 is 0 Å². The molecule has 1 N–H and O–H groups in total. The third kappa shape index (κ3) is 4.25. The fraction of sp³-hybridized carbons (Fsp3) is 0.400. The number of amides is 2. The molecule has 0 atom stereocenters. The highest BCUT2D eigenvalue weighted by Gasteiger charge is 2.23. The van der Waals surface area contributed by atoms with Crippen LogP contribution in [0, 0.1) is 0 Å². The fourth-order valence-electron chi connectivity index (χ4n) is 3.21. The lowest BCUT2D eigenvalue weighted by atomic mass is 10.1. The molecule has 6 heteroatoms. The van der Waals surface area contributed by atoms with Crippen molar-refractivity contribution < 1.29 is 9.59 Å². The number of hydrogen-bond donors (Lipinski definition) is 1. The predicted octanol–water partition coefficient (Wildman–Crippen LogP) is 2.00. The maximum atomic E-state index is 12.8. The van der Waals surface area contributed by atoms with E-state index in [9.17, 15) is 9.59 Å². The molecule has 1 saturated heterocycles. The molecule has 1 aliphatic rings. The number of rotatable bonds is 4. The molecule has 1 aromatic carbocycles. The van der Waals surface area contributed by atoms with Gasteiger partial charge in [0.1, 0.15) is 0 Å². The second kappa shape index (κ2) is 8.08. The molecule has 0 bridgehead atoms. The molecular formula is C20H26N4O2. The Labute approximate surface area is 154 Å². The minimum absolute atomic E-state index is 0.0361. The van der Waals surface area contributed by atoms with Crippen molar-refractivity contribution >= 4 is 17.5 Å². The Morgan fingerprint density at radius 1 is 1.00 bits per heavy atom. The summed E-state index contributed by atoms with van der Waals surface area (Å²) in [5.74, 6) is 0.144. The van der Waals surface area contributed by atoms with Crippen LogP contribution in [-0.4, -0.2) is 66.9 Å². The van der Waals surface area contributed by atoms with E-state index in [1.54, 1.807) is 0 Å². The largest absolute Gasteiger partial charge is 0.378 e. The first kappa shape index (κ1) is 18.0. The van der Waals surface area contributed by atoms with Gasteiger partial charge in [-0.05, 0) is 42.8 Å². The van der Waals surface area contributed by atoms with Crippen LogP contribution in [0.1, 0.15) is 22.5 Å². The zero-order chi connectivity index (χ0) is 18.5. The summed E-state index contributed by atoms with van der Waals surface area (Å²) in [5, 5.41) is 0. The van der Waals surface area contributed by atoms with E-state index in [1.807, 2.05) is 71.4 Å². The van der Waals surface area contributed by atoms with Crippen LogP contribution in [0.2, 0.25) is 0 Å². The minimum Gasteiger partial charge on any atom is -0.378 e. The van der Waals surface area contributed by atoms with E-state index in [1.165, 1.54) is 0 Å².